The number of hydrogen-bond donors (Lipinski definition) is 1. The predicted molar refractivity (Wildman–Crippen MR) is 123 cm³/mol. The minimum atomic E-state index is -1.66. The summed E-state index contributed by atoms with van der Waals surface area (Å²) in [5.74, 6) is -2.54. The second kappa shape index (κ2) is 19.2. The van der Waals surface area contributed by atoms with Crippen molar-refractivity contribution in [3.05, 3.63) is 0 Å². The van der Waals surface area contributed by atoms with Crippen molar-refractivity contribution in [1.29, 1.82) is 0 Å². The molecule has 1 atom stereocenters. The molecule has 0 saturated carbocycles. The lowest BCUT2D eigenvalue weighted by Gasteiger charge is -2.34. The van der Waals surface area contributed by atoms with Crippen LogP contribution in [0, 0.1) is 0 Å². The quantitative estimate of drug-likeness (QED) is 0.165. The molecular weight excluding hydrogens is 400 g/mol. The normalized spacial score (nSPS) is 13.6. The number of hydrogen-bond acceptors (Lipinski definition) is 7. The summed E-state index contributed by atoms with van der Waals surface area (Å²) in [4.78, 5) is 0. The van der Waals surface area contributed by atoms with Crippen LogP contribution in [0.25, 0.3) is 0 Å². The number of aliphatic hydroxyl groups is 1. The standard InChI is InChI=1S/C24H50O7/c1-7-26-22(24(25,30-11-5)31-12-6)20-18-16-14-13-15-17-19-21-23(27-8-2,28-9-3)29-10-4/h22,25H,7-21H2,1-6H3. The van der Waals surface area contributed by atoms with Gasteiger partial charge in [-0.05, 0) is 54.4 Å². The van der Waals surface area contributed by atoms with Crippen molar-refractivity contribution in [2.24, 2.45) is 0 Å². The summed E-state index contributed by atoms with van der Waals surface area (Å²) in [5.41, 5.74) is 0. The fourth-order valence-corrected chi connectivity index (χ4v) is 3.77. The lowest BCUT2D eigenvalue weighted by Crippen LogP contribution is -2.49. The van der Waals surface area contributed by atoms with Crippen LogP contribution in [-0.2, 0) is 28.4 Å². The van der Waals surface area contributed by atoms with E-state index in [4.69, 9.17) is 28.4 Å². The molecule has 0 aliphatic carbocycles. The Kier molecular flexibility index (Phi) is 19.0. The van der Waals surface area contributed by atoms with Crippen LogP contribution >= 0.6 is 0 Å². The lowest BCUT2D eigenvalue weighted by atomic mass is 10.0. The van der Waals surface area contributed by atoms with Gasteiger partial charge >= 0.3 is 5.97 Å². The van der Waals surface area contributed by atoms with Crippen LogP contribution in [0.3, 0.4) is 0 Å². The molecule has 0 aliphatic rings. The zero-order valence-electron chi connectivity index (χ0n) is 21.1. The van der Waals surface area contributed by atoms with E-state index >= 15 is 0 Å². The van der Waals surface area contributed by atoms with E-state index < -0.39 is 18.1 Å². The zero-order chi connectivity index (χ0) is 23.4. The summed E-state index contributed by atoms with van der Waals surface area (Å²) in [6, 6.07) is 0. The third kappa shape index (κ3) is 13.1. The van der Waals surface area contributed by atoms with Gasteiger partial charge < -0.3 is 33.5 Å². The van der Waals surface area contributed by atoms with Gasteiger partial charge in [0.05, 0.1) is 0 Å². The number of unbranched alkanes of at least 4 members (excludes halogenated alkanes) is 6. The molecule has 0 saturated heterocycles. The van der Waals surface area contributed by atoms with Gasteiger partial charge in [0.15, 0.2) is 0 Å². The first-order chi connectivity index (χ1) is 15.0. The molecule has 188 valence electrons. The van der Waals surface area contributed by atoms with Crippen molar-refractivity contribution in [3.63, 3.8) is 0 Å². The maximum absolute atomic E-state index is 10.7. The minimum absolute atomic E-state index is 0.372. The van der Waals surface area contributed by atoms with Gasteiger partial charge in [0.2, 0.25) is 0 Å². The molecule has 0 rings (SSSR count). The Balaban J connectivity index is 4.16. The van der Waals surface area contributed by atoms with E-state index in [9.17, 15) is 5.11 Å². The van der Waals surface area contributed by atoms with Gasteiger partial charge in [0, 0.05) is 46.1 Å². The van der Waals surface area contributed by atoms with Crippen LogP contribution in [0.15, 0.2) is 0 Å². The predicted octanol–water partition coefficient (Wildman–Crippen LogP) is 5.38. The molecular formula is C24H50O7. The topological polar surface area (TPSA) is 75.6 Å². The third-order valence-electron chi connectivity index (χ3n) is 5.02. The van der Waals surface area contributed by atoms with Gasteiger partial charge in [-0.2, -0.15) is 0 Å². The largest absolute Gasteiger partial charge is 0.370 e. The van der Waals surface area contributed by atoms with E-state index in [2.05, 4.69) is 0 Å². The Bertz CT molecular complexity index is 369. The van der Waals surface area contributed by atoms with E-state index in [-0.39, 0.29) is 0 Å². The molecule has 0 aromatic heterocycles. The van der Waals surface area contributed by atoms with Crippen molar-refractivity contribution >= 4 is 0 Å². The average molecular weight is 451 g/mol. The highest BCUT2D eigenvalue weighted by atomic mass is 16.9. The summed E-state index contributed by atoms with van der Waals surface area (Å²) in [5, 5.41) is 10.7. The van der Waals surface area contributed by atoms with Crippen LogP contribution in [-0.4, -0.2) is 62.8 Å². The minimum Gasteiger partial charge on any atom is -0.370 e. The monoisotopic (exact) mass is 450 g/mol. The van der Waals surface area contributed by atoms with Gasteiger partial charge in [0.25, 0.3) is 5.97 Å². The summed E-state index contributed by atoms with van der Waals surface area (Å²) < 4.78 is 34.0. The Hall–Kier alpha value is -0.280. The molecule has 1 N–H and O–H groups in total. The SMILES string of the molecule is CCOC(CCCCCCCCCC(OCC)(OCC)OCC)C(O)(OCC)OCC. The fourth-order valence-electron chi connectivity index (χ4n) is 3.77. The van der Waals surface area contributed by atoms with Gasteiger partial charge in [-0.15, -0.1) is 0 Å². The highest BCUT2D eigenvalue weighted by Crippen LogP contribution is 2.25. The number of rotatable bonds is 23. The molecule has 0 aromatic rings. The molecule has 0 aromatic carbocycles. The fraction of sp³-hybridized carbons (Fsp3) is 1.00. The van der Waals surface area contributed by atoms with Crippen molar-refractivity contribution in [2.75, 3.05) is 39.6 Å². The Morgan fingerprint density at radius 3 is 1.39 bits per heavy atom. The molecule has 0 amide bonds. The van der Waals surface area contributed by atoms with E-state index in [0.29, 0.717) is 46.1 Å². The molecule has 0 radical (unpaired) electrons. The van der Waals surface area contributed by atoms with Crippen LogP contribution in [0.5, 0.6) is 0 Å². The average Bonchev–Trinajstić information content (AvgIpc) is 2.72. The van der Waals surface area contributed by atoms with Crippen LogP contribution < -0.4 is 0 Å². The Morgan fingerprint density at radius 2 is 0.968 bits per heavy atom. The van der Waals surface area contributed by atoms with Gasteiger partial charge in [-0.1, -0.05) is 38.5 Å². The molecule has 31 heavy (non-hydrogen) atoms. The summed E-state index contributed by atoms with van der Waals surface area (Å²) in [6.07, 6.45) is 8.73. The van der Waals surface area contributed by atoms with Crippen LogP contribution in [0.1, 0.15) is 99.3 Å². The first kappa shape index (κ1) is 30.7. The van der Waals surface area contributed by atoms with E-state index in [0.717, 1.165) is 38.5 Å². The van der Waals surface area contributed by atoms with Crippen molar-refractivity contribution in [1.82, 2.24) is 0 Å². The summed E-state index contributed by atoms with van der Waals surface area (Å²) in [7, 11) is 0. The molecule has 0 spiro atoms. The van der Waals surface area contributed by atoms with E-state index in [1.165, 1.54) is 12.8 Å². The molecule has 0 fully saturated rings. The highest BCUT2D eigenvalue weighted by Gasteiger charge is 2.39. The van der Waals surface area contributed by atoms with Crippen molar-refractivity contribution in [2.45, 2.75) is 117 Å². The maximum atomic E-state index is 10.7. The molecule has 0 heterocycles. The molecule has 7 heteroatoms. The second-order valence-corrected chi connectivity index (χ2v) is 7.44. The van der Waals surface area contributed by atoms with Crippen molar-refractivity contribution in [3.8, 4) is 0 Å². The van der Waals surface area contributed by atoms with E-state index in [1.807, 2.05) is 41.5 Å². The van der Waals surface area contributed by atoms with Gasteiger partial charge in [-0.3, -0.25) is 0 Å². The van der Waals surface area contributed by atoms with Gasteiger partial charge in [0.1, 0.15) is 6.10 Å². The van der Waals surface area contributed by atoms with Crippen molar-refractivity contribution < 1.29 is 33.5 Å². The summed E-state index contributed by atoms with van der Waals surface area (Å²) >= 11 is 0. The third-order valence-corrected chi connectivity index (χ3v) is 5.02. The maximum Gasteiger partial charge on any atom is 0.308 e. The number of ether oxygens (including phenoxy) is 6. The zero-order valence-corrected chi connectivity index (χ0v) is 21.1. The lowest BCUT2D eigenvalue weighted by molar-refractivity contribution is -0.398. The molecule has 1 unspecified atom stereocenters. The summed E-state index contributed by atoms with van der Waals surface area (Å²) in [6.45, 7) is 14.5. The first-order valence-electron chi connectivity index (χ1n) is 12.5. The molecule has 0 bridgehead atoms. The molecule has 0 aliphatic heterocycles. The smallest absolute Gasteiger partial charge is 0.308 e. The Morgan fingerprint density at radius 1 is 0.548 bits per heavy atom. The first-order valence-corrected chi connectivity index (χ1v) is 12.5. The Labute approximate surface area is 191 Å². The van der Waals surface area contributed by atoms with E-state index in [1.54, 1.807) is 0 Å². The highest BCUT2D eigenvalue weighted by molar-refractivity contribution is 4.70. The van der Waals surface area contributed by atoms with Crippen LogP contribution in [0.4, 0.5) is 0 Å². The van der Waals surface area contributed by atoms with Crippen LogP contribution in [0.2, 0.25) is 0 Å². The van der Waals surface area contributed by atoms with Gasteiger partial charge in [-0.25, -0.2) is 0 Å². The second-order valence-electron chi connectivity index (χ2n) is 7.44. The molecule has 7 nitrogen and oxygen atoms in total.